The molecular formula is C16H23N5O. The quantitative estimate of drug-likeness (QED) is 0.944. The molecular weight excluding hydrogens is 278 g/mol. The molecule has 0 bridgehead atoms. The second-order valence-electron chi connectivity index (χ2n) is 6.89. The van der Waals surface area contributed by atoms with Crippen LogP contribution in [0.1, 0.15) is 51.8 Å². The van der Waals surface area contributed by atoms with Gasteiger partial charge in [0.25, 0.3) is 0 Å². The third-order valence-corrected chi connectivity index (χ3v) is 4.06. The molecule has 0 saturated heterocycles. The van der Waals surface area contributed by atoms with Gasteiger partial charge in [-0.1, -0.05) is 0 Å². The van der Waals surface area contributed by atoms with Crippen LogP contribution in [-0.2, 0) is 16.8 Å². The van der Waals surface area contributed by atoms with Crippen LogP contribution in [0.15, 0.2) is 24.5 Å². The van der Waals surface area contributed by atoms with Crippen molar-refractivity contribution in [2.45, 2.75) is 58.0 Å². The van der Waals surface area contributed by atoms with E-state index in [9.17, 15) is 4.79 Å². The summed E-state index contributed by atoms with van der Waals surface area (Å²) in [6.45, 7) is 6.22. The number of amides is 1. The van der Waals surface area contributed by atoms with Gasteiger partial charge in [-0.3, -0.25) is 14.2 Å². The second-order valence-corrected chi connectivity index (χ2v) is 6.89. The van der Waals surface area contributed by atoms with Gasteiger partial charge in [0.05, 0.1) is 18.0 Å². The highest BCUT2D eigenvalue weighted by molar-refractivity contribution is 5.91. The van der Waals surface area contributed by atoms with Gasteiger partial charge in [0.15, 0.2) is 5.82 Å². The van der Waals surface area contributed by atoms with E-state index in [1.807, 2.05) is 27.7 Å². The monoisotopic (exact) mass is 301 g/mol. The molecule has 2 aromatic rings. The van der Waals surface area contributed by atoms with Crippen molar-refractivity contribution in [3.63, 3.8) is 0 Å². The fourth-order valence-corrected chi connectivity index (χ4v) is 2.56. The SMILES string of the molecule is CC(C)(C)n1ccc(NC(=O)Cc2ccnn2C2CCC2)n1. The highest BCUT2D eigenvalue weighted by Crippen LogP contribution is 2.31. The number of anilines is 1. The average Bonchev–Trinajstić information content (AvgIpc) is 2.97. The average molecular weight is 301 g/mol. The van der Waals surface area contributed by atoms with Crippen LogP contribution >= 0.6 is 0 Å². The first-order valence-corrected chi connectivity index (χ1v) is 7.82. The van der Waals surface area contributed by atoms with Crippen LogP contribution in [0.2, 0.25) is 0 Å². The number of carbonyl (C=O) groups excluding carboxylic acids is 1. The summed E-state index contributed by atoms with van der Waals surface area (Å²) in [6.07, 6.45) is 7.56. The van der Waals surface area contributed by atoms with E-state index < -0.39 is 0 Å². The van der Waals surface area contributed by atoms with E-state index >= 15 is 0 Å². The molecule has 2 aromatic heterocycles. The Labute approximate surface area is 130 Å². The highest BCUT2D eigenvalue weighted by Gasteiger charge is 2.23. The minimum absolute atomic E-state index is 0.0553. The number of hydrogen-bond acceptors (Lipinski definition) is 3. The molecule has 1 saturated carbocycles. The van der Waals surface area contributed by atoms with Crippen LogP contribution in [0.3, 0.4) is 0 Å². The van der Waals surface area contributed by atoms with Gasteiger partial charge in [0.2, 0.25) is 5.91 Å². The van der Waals surface area contributed by atoms with E-state index in [1.165, 1.54) is 6.42 Å². The first kappa shape index (κ1) is 14.8. The molecule has 1 aliphatic rings. The van der Waals surface area contributed by atoms with Crippen molar-refractivity contribution < 1.29 is 4.79 Å². The molecule has 1 amide bonds. The zero-order valence-corrected chi connectivity index (χ0v) is 13.4. The minimum Gasteiger partial charge on any atom is -0.309 e. The number of aromatic nitrogens is 4. The smallest absolute Gasteiger partial charge is 0.231 e. The molecule has 0 aromatic carbocycles. The van der Waals surface area contributed by atoms with E-state index in [0.717, 1.165) is 18.5 Å². The van der Waals surface area contributed by atoms with Gasteiger partial charge in [-0.15, -0.1) is 0 Å². The first-order chi connectivity index (χ1) is 10.4. The number of carbonyl (C=O) groups is 1. The maximum atomic E-state index is 12.2. The van der Waals surface area contributed by atoms with Gasteiger partial charge in [-0.05, 0) is 46.1 Å². The molecule has 1 aliphatic carbocycles. The maximum absolute atomic E-state index is 12.2. The van der Waals surface area contributed by atoms with Crippen molar-refractivity contribution in [3.8, 4) is 0 Å². The third kappa shape index (κ3) is 3.05. The Kier molecular flexibility index (Phi) is 3.76. The fraction of sp³-hybridized carbons (Fsp3) is 0.562. The van der Waals surface area contributed by atoms with Gasteiger partial charge >= 0.3 is 0 Å². The minimum atomic E-state index is -0.0914. The topological polar surface area (TPSA) is 64.7 Å². The molecule has 0 spiro atoms. The van der Waals surface area contributed by atoms with Gasteiger partial charge in [0, 0.05) is 24.2 Å². The zero-order valence-electron chi connectivity index (χ0n) is 13.4. The molecule has 0 unspecified atom stereocenters. The molecule has 22 heavy (non-hydrogen) atoms. The summed E-state index contributed by atoms with van der Waals surface area (Å²) in [5.74, 6) is 0.537. The summed E-state index contributed by atoms with van der Waals surface area (Å²) in [6, 6.07) is 4.22. The Hall–Kier alpha value is -2.11. The second kappa shape index (κ2) is 5.59. The van der Waals surface area contributed by atoms with Crippen molar-refractivity contribution in [1.29, 1.82) is 0 Å². The molecule has 2 heterocycles. The molecule has 0 radical (unpaired) electrons. The lowest BCUT2D eigenvalue weighted by atomic mass is 9.93. The normalized spacial score (nSPS) is 15.6. The van der Waals surface area contributed by atoms with Crippen molar-refractivity contribution in [2.75, 3.05) is 5.32 Å². The van der Waals surface area contributed by atoms with Gasteiger partial charge in [0.1, 0.15) is 0 Å². The van der Waals surface area contributed by atoms with Gasteiger partial charge < -0.3 is 5.32 Å². The number of nitrogens with zero attached hydrogens (tertiary/aromatic N) is 4. The lowest BCUT2D eigenvalue weighted by Crippen LogP contribution is -2.24. The van der Waals surface area contributed by atoms with Crippen LogP contribution in [0, 0.1) is 0 Å². The molecule has 0 atom stereocenters. The van der Waals surface area contributed by atoms with Crippen molar-refractivity contribution in [3.05, 3.63) is 30.2 Å². The maximum Gasteiger partial charge on any atom is 0.231 e. The Bertz CT molecular complexity index is 660. The van der Waals surface area contributed by atoms with Crippen LogP contribution < -0.4 is 5.32 Å². The van der Waals surface area contributed by atoms with Crippen LogP contribution in [0.25, 0.3) is 0 Å². The van der Waals surface area contributed by atoms with Crippen LogP contribution in [0.4, 0.5) is 5.82 Å². The predicted octanol–water partition coefficient (Wildman–Crippen LogP) is 2.74. The summed E-state index contributed by atoms with van der Waals surface area (Å²) in [7, 11) is 0. The fourth-order valence-electron chi connectivity index (χ4n) is 2.56. The number of hydrogen-bond donors (Lipinski definition) is 1. The molecule has 6 nitrogen and oxygen atoms in total. The van der Waals surface area contributed by atoms with Gasteiger partial charge in [-0.2, -0.15) is 10.2 Å². The Morgan fingerprint density at radius 3 is 2.73 bits per heavy atom. The Balaban J connectivity index is 1.63. The van der Waals surface area contributed by atoms with E-state index in [-0.39, 0.29) is 11.4 Å². The Morgan fingerprint density at radius 2 is 2.14 bits per heavy atom. The predicted molar refractivity (Wildman–Crippen MR) is 84.7 cm³/mol. The first-order valence-electron chi connectivity index (χ1n) is 7.82. The van der Waals surface area contributed by atoms with Crippen molar-refractivity contribution in [1.82, 2.24) is 19.6 Å². The van der Waals surface area contributed by atoms with E-state index in [4.69, 9.17) is 0 Å². The lowest BCUT2D eigenvalue weighted by molar-refractivity contribution is -0.115. The van der Waals surface area contributed by atoms with E-state index in [2.05, 4.69) is 36.3 Å². The van der Waals surface area contributed by atoms with Crippen molar-refractivity contribution >= 4 is 11.7 Å². The van der Waals surface area contributed by atoms with Gasteiger partial charge in [-0.25, -0.2) is 0 Å². The molecule has 6 heteroatoms. The zero-order chi connectivity index (χ0) is 15.7. The molecule has 3 rings (SSSR count). The van der Waals surface area contributed by atoms with Crippen molar-refractivity contribution in [2.24, 2.45) is 0 Å². The summed E-state index contributed by atoms with van der Waals surface area (Å²) < 4.78 is 3.85. The summed E-state index contributed by atoms with van der Waals surface area (Å²) in [5.41, 5.74) is 0.878. The summed E-state index contributed by atoms with van der Waals surface area (Å²) in [4.78, 5) is 12.2. The standard InChI is InChI=1S/C16H23N5O/c1-16(2,3)20-10-8-14(19-20)18-15(22)11-13-7-9-17-21(13)12-5-4-6-12/h7-10,12H,4-6,11H2,1-3H3,(H,18,19,22). The molecule has 1 N–H and O–H groups in total. The Morgan fingerprint density at radius 1 is 1.36 bits per heavy atom. The molecule has 118 valence electrons. The molecule has 1 fully saturated rings. The summed E-state index contributed by atoms with van der Waals surface area (Å²) in [5, 5.41) is 11.6. The number of rotatable bonds is 4. The van der Waals surface area contributed by atoms with Crippen LogP contribution in [-0.4, -0.2) is 25.5 Å². The van der Waals surface area contributed by atoms with E-state index in [0.29, 0.717) is 18.3 Å². The lowest BCUT2D eigenvalue weighted by Gasteiger charge is -2.27. The summed E-state index contributed by atoms with van der Waals surface area (Å²) >= 11 is 0. The molecule has 0 aliphatic heterocycles. The number of nitrogens with one attached hydrogen (secondary N) is 1. The largest absolute Gasteiger partial charge is 0.309 e. The van der Waals surface area contributed by atoms with E-state index in [1.54, 1.807) is 6.20 Å². The highest BCUT2D eigenvalue weighted by atomic mass is 16.1. The third-order valence-electron chi connectivity index (χ3n) is 4.06. The van der Waals surface area contributed by atoms with Crippen LogP contribution in [0.5, 0.6) is 0 Å².